The number of likely N-dealkylation sites (tertiary alicyclic amines) is 1. The Morgan fingerprint density at radius 2 is 1.77 bits per heavy atom. The van der Waals surface area contributed by atoms with Gasteiger partial charge < -0.3 is 29.5 Å². The van der Waals surface area contributed by atoms with Gasteiger partial charge in [-0.1, -0.05) is 30.3 Å². The topological polar surface area (TPSA) is 101 Å². The third-order valence-corrected chi connectivity index (χ3v) is 7.55. The molecule has 4 rings (SSSR count). The summed E-state index contributed by atoms with van der Waals surface area (Å²) in [4.78, 5) is 29.7. The lowest BCUT2D eigenvalue weighted by molar-refractivity contribution is -0.0499. The molecule has 0 bridgehead atoms. The Balaban J connectivity index is 1.45. The Kier molecular flexibility index (Phi) is 10.6. The van der Waals surface area contributed by atoms with Crippen molar-refractivity contribution in [1.29, 1.82) is 0 Å². The Morgan fingerprint density at radius 3 is 2.39 bits per heavy atom. The number of aliphatic hydroxyl groups excluding tert-OH is 1. The highest BCUT2D eigenvalue weighted by atomic mass is 19.3. The number of methoxy groups -OCH3 is 1. The minimum atomic E-state index is -2.95. The van der Waals surface area contributed by atoms with Crippen molar-refractivity contribution in [2.45, 2.75) is 76.7 Å². The zero-order chi connectivity index (χ0) is 32.0. The third-order valence-electron chi connectivity index (χ3n) is 7.55. The first-order chi connectivity index (χ1) is 20.8. The molecule has 2 aliphatic rings. The summed E-state index contributed by atoms with van der Waals surface area (Å²) in [5.41, 5.74) is 2.06. The number of nitrogens with one attached hydrogen (secondary N) is 1. The van der Waals surface area contributed by atoms with Gasteiger partial charge in [0.1, 0.15) is 17.6 Å². The minimum Gasteiger partial charge on any atom is -0.444 e. The van der Waals surface area contributed by atoms with Gasteiger partial charge in [-0.25, -0.2) is 4.79 Å². The van der Waals surface area contributed by atoms with Gasteiger partial charge in [0.15, 0.2) is 0 Å². The highest BCUT2D eigenvalue weighted by molar-refractivity contribution is 5.94. The molecule has 1 fully saturated rings. The van der Waals surface area contributed by atoms with Gasteiger partial charge in [-0.3, -0.25) is 9.69 Å². The number of likely N-dealkylation sites (N-methyl/N-ethyl adjacent to an activating group) is 1. The quantitative estimate of drug-likeness (QED) is 0.369. The Morgan fingerprint density at radius 1 is 1.09 bits per heavy atom. The number of hydrogen-bond acceptors (Lipinski definition) is 7. The van der Waals surface area contributed by atoms with E-state index in [-0.39, 0.29) is 23.9 Å². The molecule has 2 amide bonds. The number of ether oxygens (including phenoxy) is 3. The highest BCUT2D eigenvalue weighted by Gasteiger charge is 2.43. The Hall–Kier alpha value is -3.96. The lowest BCUT2D eigenvalue weighted by Crippen LogP contribution is -2.47. The number of hydrogen-bond donors (Lipinski definition) is 2. The first kappa shape index (κ1) is 32.9. The summed E-state index contributed by atoms with van der Waals surface area (Å²) >= 11 is 0. The molecule has 4 atom stereocenters. The number of dihydropyridines is 1. The van der Waals surface area contributed by atoms with Gasteiger partial charge in [0.2, 0.25) is 0 Å². The van der Waals surface area contributed by atoms with Crippen molar-refractivity contribution in [1.82, 2.24) is 15.1 Å². The van der Waals surface area contributed by atoms with Crippen molar-refractivity contribution in [2.75, 3.05) is 20.7 Å². The van der Waals surface area contributed by atoms with E-state index < -0.39 is 30.5 Å². The zero-order valence-corrected chi connectivity index (χ0v) is 25.7. The number of aliphatic hydroxyl groups is 1. The van der Waals surface area contributed by atoms with E-state index in [1.807, 2.05) is 30.4 Å². The molecule has 44 heavy (non-hydrogen) atoms. The van der Waals surface area contributed by atoms with Crippen LogP contribution in [-0.2, 0) is 15.9 Å². The maximum atomic E-state index is 13.4. The van der Waals surface area contributed by atoms with Crippen LogP contribution in [0.15, 0.2) is 72.5 Å². The lowest BCUT2D eigenvalue weighted by atomic mass is 10.00. The molecule has 11 heteroatoms. The largest absolute Gasteiger partial charge is 0.444 e. The summed E-state index contributed by atoms with van der Waals surface area (Å²) < 4.78 is 40.6. The highest BCUT2D eigenvalue weighted by Crippen LogP contribution is 2.36. The second-order valence-electron chi connectivity index (χ2n) is 12.0. The maximum absolute atomic E-state index is 13.4. The predicted octanol–water partition coefficient (Wildman–Crippen LogP) is 5.42. The lowest BCUT2D eigenvalue weighted by Gasteiger charge is -2.35. The number of rotatable bonds is 10. The smallest absolute Gasteiger partial charge is 0.410 e. The molecule has 2 N–H and O–H groups in total. The van der Waals surface area contributed by atoms with Gasteiger partial charge in [0, 0.05) is 31.5 Å². The fraction of sp³-hybridized carbons (Fsp3) is 0.455. The second kappa shape index (κ2) is 14.2. The number of carbonyl (C=O) groups is 2. The summed E-state index contributed by atoms with van der Waals surface area (Å²) in [7, 11) is 3.35. The van der Waals surface area contributed by atoms with Crippen LogP contribution in [0.25, 0.3) is 0 Å². The average molecular weight is 614 g/mol. The summed E-state index contributed by atoms with van der Waals surface area (Å²) in [6.07, 6.45) is 5.48. The molecule has 1 saturated heterocycles. The van der Waals surface area contributed by atoms with Crippen LogP contribution >= 0.6 is 0 Å². The molecule has 2 aromatic carbocycles. The van der Waals surface area contributed by atoms with Crippen LogP contribution in [-0.4, -0.2) is 78.1 Å². The van der Waals surface area contributed by atoms with Crippen molar-refractivity contribution in [3.05, 3.63) is 89.1 Å². The van der Waals surface area contributed by atoms with Crippen molar-refractivity contribution in [3.8, 4) is 5.75 Å². The summed E-state index contributed by atoms with van der Waals surface area (Å²) in [6.45, 7) is 2.79. The molecule has 2 aliphatic heterocycles. The number of carbonyl (C=O) groups excluding carboxylic acids is 2. The number of halogens is 2. The van der Waals surface area contributed by atoms with E-state index in [0.717, 1.165) is 11.3 Å². The van der Waals surface area contributed by atoms with E-state index in [9.17, 15) is 23.5 Å². The molecular formula is C33H41F2N3O6. The van der Waals surface area contributed by atoms with Crippen LogP contribution in [0.2, 0.25) is 0 Å². The standard InChI is InChI=1S/C33H41F2N3O6/c1-33(2,3)44-32(41)38-25(15-18-27(38)29(39)22-13-16-26(17-14-22)43-31(34)35)19-21-9-11-23(12-10-21)30(40)37(4)20-24-7-6-8-28(36-24)42-5/h6-14,16-17,25,27-29,31,36,39H,15,18-20H2,1-5H3. The molecule has 0 saturated carbocycles. The van der Waals surface area contributed by atoms with E-state index >= 15 is 0 Å². The molecule has 9 nitrogen and oxygen atoms in total. The van der Waals surface area contributed by atoms with Crippen LogP contribution in [0.3, 0.4) is 0 Å². The molecular weight excluding hydrogens is 572 g/mol. The van der Waals surface area contributed by atoms with Crippen LogP contribution in [0.1, 0.15) is 61.2 Å². The van der Waals surface area contributed by atoms with Crippen molar-refractivity contribution in [3.63, 3.8) is 0 Å². The summed E-state index contributed by atoms with van der Waals surface area (Å²) in [5, 5.41) is 14.5. The van der Waals surface area contributed by atoms with Crippen LogP contribution < -0.4 is 10.1 Å². The molecule has 0 spiro atoms. The molecule has 4 unspecified atom stereocenters. The molecule has 0 radical (unpaired) electrons. The van der Waals surface area contributed by atoms with Crippen LogP contribution in [0, 0.1) is 0 Å². The maximum Gasteiger partial charge on any atom is 0.410 e. The van der Waals surface area contributed by atoms with Crippen molar-refractivity contribution >= 4 is 12.0 Å². The SMILES string of the molecule is COC1C=CC=C(CN(C)C(=O)c2ccc(CC3CCC(C(O)c4ccc(OC(F)F)cc4)N3C(=O)OC(C)(C)C)cc2)N1. The van der Waals surface area contributed by atoms with Gasteiger partial charge in [-0.2, -0.15) is 8.78 Å². The Labute approximate surface area is 257 Å². The van der Waals surface area contributed by atoms with Crippen molar-refractivity contribution < 1.29 is 37.7 Å². The fourth-order valence-corrected chi connectivity index (χ4v) is 5.48. The number of allylic oxidation sites excluding steroid dienone is 2. The molecule has 238 valence electrons. The molecule has 0 aromatic heterocycles. The summed E-state index contributed by atoms with van der Waals surface area (Å²) in [6, 6.07) is 12.2. The predicted molar refractivity (Wildman–Crippen MR) is 161 cm³/mol. The molecule has 0 aliphatic carbocycles. The van der Waals surface area contributed by atoms with Crippen molar-refractivity contribution in [2.24, 2.45) is 0 Å². The second-order valence-corrected chi connectivity index (χ2v) is 12.0. The van der Waals surface area contributed by atoms with E-state index in [1.54, 1.807) is 56.9 Å². The van der Waals surface area contributed by atoms with Gasteiger partial charge in [-0.05, 0) is 87.6 Å². The number of alkyl halides is 2. The van der Waals surface area contributed by atoms with Gasteiger partial charge in [-0.15, -0.1) is 0 Å². The molecule has 2 heterocycles. The van der Waals surface area contributed by atoms with Crippen LogP contribution in [0.5, 0.6) is 5.75 Å². The normalized spacial score (nSPS) is 20.6. The van der Waals surface area contributed by atoms with Gasteiger partial charge >= 0.3 is 12.7 Å². The number of amides is 2. The number of benzene rings is 2. The molecule has 2 aromatic rings. The van der Waals surface area contributed by atoms with E-state index in [0.29, 0.717) is 36.9 Å². The first-order valence-corrected chi connectivity index (χ1v) is 14.6. The van der Waals surface area contributed by atoms with E-state index in [2.05, 4.69) is 10.1 Å². The van der Waals surface area contributed by atoms with E-state index in [1.165, 1.54) is 24.3 Å². The van der Waals surface area contributed by atoms with E-state index in [4.69, 9.17) is 9.47 Å². The first-order valence-electron chi connectivity index (χ1n) is 14.6. The minimum absolute atomic E-state index is 0.0167. The van der Waals surface area contributed by atoms with Crippen LogP contribution in [0.4, 0.5) is 13.6 Å². The number of nitrogens with zero attached hydrogens (tertiary/aromatic N) is 2. The zero-order valence-electron chi connectivity index (χ0n) is 25.7. The average Bonchev–Trinajstić information content (AvgIpc) is 3.39. The van der Waals surface area contributed by atoms with Gasteiger partial charge in [0.25, 0.3) is 5.91 Å². The fourth-order valence-electron chi connectivity index (χ4n) is 5.48. The van der Waals surface area contributed by atoms with Gasteiger partial charge in [0.05, 0.1) is 18.7 Å². The summed E-state index contributed by atoms with van der Waals surface area (Å²) in [5.74, 6) is -0.149. The Bertz CT molecular complexity index is 1340. The third kappa shape index (κ3) is 8.57. The monoisotopic (exact) mass is 613 g/mol.